The topological polar surface area (TPSA) is 279 Å². The van der Waals surface area contributed by atoms with E-state index in [1.54, 1.807) is 32.7 Å². The molecular formula is C71H118ClFN12O12. The van der Waals surface area contributed by atoms with Crippen LogP contribution in [0.25, 0.3) is 0 Å². The highest BCUT2D eigenvalue weighted by atomic mass is 35.5. The van der Waals surface area contributed by atoms with E-state index >= 15 is 23.6 Å². The van der Waals surface area contributed by atoms with Crippen LogP contribution in [0.4, 0.5) is 4.39 Å². The van der Waals surface area contributed by atoms with E-state index in [4.69, 9.17) is 11.6 Å². The van der Waals surface area contributed by atoms with Gasteiger partial charge in [0.2, 0.25) is 70.9 Å². The molecule has 2 aliphatic heterocycles. The zero-order chi connectivity index (χ0) is 71.5. The number of likely N-dealkylation sites (tertiary alicyclic amines) is 1. The third kappa shape index (κ3) is 22.7. The van der Waals surface area contributed by atoms with E-state index in [-0.39, 0.29) is 61.2 Å². The lowest BCUT2D eigenvalue weighted by Gasteiger charge is -2.39. The van der Waals surface area contributed by atoms with Gasteiger partial charge in [0.15, 0.2) is 0 Å². The lowest BCUT2D eigenvalue weighted by atomic mass is 9.82. The summed E-state index contributed by atoms with van der Waals surface area (Å²) in [6, 6.07) is -9.76. The molecule has 6 aliphatic rings. The maximum Gasteiger partial charge on any atom is 0.245 e. The van der Waals surface area contributed by atoms with Crippen molar-refractivity contribution < 1.29 is 61.9 Å². The molecule has 4 aliphatic carbocycles. The number of hydrogen-bond donors (Lipinski definition) is 4. The van der Waals surface area contributed by atoms with Gasteiger partial charge in [-0.2, -0.15) is 0 Å². The maximum absolute atomic E-state index is 15.7. The van der Waals surface area contributed by atoms with E-state index < -0.39 is 163 Å². The molecule has 6 rings (SSSR count). The first-order chi connectivity index (χ1) is 45.9. The monoisotopic (exact) mass is 1380 g/mol. The van der Waals surface area contributed by atoms with Crippen LogP contribution in [0.15, 0.2) is 0 Å². The van der Waals surface area contributed by atoms with Crippen LogP contribution in [0.5, 0.6) is 0 Å². The summed E-state index contributed by atoms with van der Waals surface area (Å²) >= 11 is 6.52. The average Bonchev–Trinajstić information content (AvgIpc) is 0.925. The molecule has 0 aromatic rings. The molecule has 2 heterocycles. The Morgan fingerprint density at radius 3 is 1.61 bits per heavy atom. The van der Waals surface area contributed by atoms with Crippen molar-refractivity contribution in [3.05, 3.63) is 0 Å². The maximum atomic E-state index is 15.7. The number of alkyl halides is 2. The second-order valence-corrected chi connectivity index (χ2v) is 30.6. The first-order valence-electron chi connectivity index (χ1n) is 36.5. The Morgan fingerprint density at radius 2 is 1.03 bits per heavy atom. The number of halogens is 2. The highest BCUT2D eigenvalue weighted by molar-refractivity contribution is 6.20. The Kier molecular flexibility index (Phi) is 31.2. The smallest absolute Gasteiger partial charge is 0.245 e. The van der Waals surface area contributed by atoms with Crippen molar-refractivity contribution in [3.63, 3.8) is 0 Å². The Labute approximate surface area is 581 Å². The third-order valence-corrected chi connectivity index (χ3v) is 22.7. The van der Waals surface area contributed by atoms with E-state index in [0.29, 0.717) is 77.3 Å². The molecule has 26 heteroatoms. The van der Waals surface area contributed by atoms with Crippen LogP contribution < -0.4 is 21.3 Å². The van der Waals surface area contributed by atoms with Gasteiger partial charge in [0, 0.05) is 67.8 Å². The van der Waals surface area contributed by atoms with Gasteiger partial charge in [-0.25, -0.2) is 4.39 Å². The van der Waals surface area contributed by atoms with Gasteiger partial charge in [-0.05, 0) is 119 Å². The zero-order valence-electron chi connectivity index (χ0n) is 60.4. The Hall–Kier alpha value is -6.14. The minimum Gasteiger partial charge on any atom is -0.343 e. The van der Waals surface area contributed by atoms with Crippen LogP contribution >= 0.6 is 11.6 Å². The van der Waals surface area contributed by atoms with Crippen LogP contribution in [0, 0.1) is 35.5 Å². The van der Waals surface area contributed by atoms with Gasteiger partial charge in [0.25, 0.3) is 0 Å². The molecule has 2 saturated heterocycles. The zero-order valence-corrected chi connectivity index (χ0v) is 61.1. The lowest BCUT2D eigenvalue weighted by molar-refractivity contribution is -0.151. The fourth-order valence-electron chi connectivity index (χ4n) is 15.5. The number of rotatable bonds is 12. The van der Waals surface area contributed by atoms with Crippen molar-refractivity contribution in [1.29, 1.82) is 0 Å². The van der Waals surface area contributed by atoms with Gasteiger partial charge >= 0.3 is 0 Å². The van der Waals surface area contributed by atoms with Crippen LogP contribution in [-0.4, -0.2) is 252 Å². The second kappa shape index (κ2) is 37.9. The minimum absolute atomic E-state index is 0.0196. The molecule has 0 bridgehead atoms. The predicted molar refractivity (Wildman–Crippen MR) is 367 cm³/mol. The summed E-state index contributed by atoms with van der Waals surface area (Å²) in [5.41, 5.74) is 0. The standard InChI is InChI=1S/C71H118ClFN12O12/c1-13-45(4)62-71(97)80(8)42-60(88)78(6)43-61(89)82(10)56(39-49-29-31-51(72)32-30-49)69(95)79(7)41-58(86)74-53(37-50-27-22-28-52(73)35-50)65(91)75-54(36-47-23-16-14-17-24-47)67(93)83(11)57(38-48-25-18-15-19-26-48)70(96)84(12)63(44(2)3)66(92)76-55(68(94)85-33-20-21-34-85)40-59(87)81(9)46(5)64(90)77-62/h44-57,62-63H,13-43H2,1-12H3,(H,74,86)(H,75,91)(H,76,92)(H,77,90)/t45-,46-,49?,50?,51?,52?,53-,54-,55-,56-,57-,62-,63-/m0/s1. The summed E-state index contributed by atoms with van der Waals surface area (Å²) in [6.45, 7) is 7.78. The van der Waals surface area contributed by atoms with E-state index in [9.17, 15) is 38.4 Å². The van der Waals surface area contributed by atoms with Crippen molar-refractivity contribution in [3.8, 4) is 0 Å². The molecule has 11 atom stereocenters. The Bertz CT molecular complexity index is 2720. The molecule has 2 unspecified atom stereocenters. The molecule has 12 amide bonds. The fraction of sp³-hybridized carbons (Fsp3) is 0.831. The summed E-state index contributed by atoms with van der Waals surface area (Å²) in [5, 5.41) is 11.6. The molecule has 0 radical (unpaired) electrons. The van der Waals surface area contributed by atoms with Crippen molar-refractivity contribution in [2.45, 2.75) is 261 Å². The van der Waals surface area contributed by atoms with Gasteiger partial charge < -0.3 is 60.5 Å². The molecule has 0 aromatic heterocycles. The highest BCUT2D eigenvalue weighted by Crippen LogP contribution is 2.35. The largest absolute Gasteiger partial charge is 0.343 e. The molecule has 97 heavy (non-hydrogen) atoms. The van der Waals surface area contributed by atoms with Crippen LogP contribution in [0.2, 0.25) is 0 Å². The Balaban J connectivity index is 1.41. The van der Waals surface area contributed by atoms with Crippen LogP contribution in [0.3, 0.4) is 0 Å². The van der Waals surface area contributed by atoms with Crippen molar-refractivity contribution in [1.82, 2.24) is 60.5 Å². The quantitative estimate of drug-likeness (QED) is 0.179. The first kappa shape index (κ1) is 79.8. The Morgan fingerprint density at radius 1 is 0.495 bits per heavy atom. The minimum atomic E-state index is -1.43. The van der Waals surface area contributed by atoms with Crippen molar-refractivity contribution >= 4 is 82.5 Å². The first-order valence-corrected chi connectivity index (χ1v) is 36.9. The van der Waals surface area contributed by atoms with Crippen molar-refractivity contribution in [2.75, 3.05) is 82.1 Å². The highest BCUT2D eigenvalue weighted by Gasteiger charge is 2.44. The molecule has 6 fully saturated rings. The number of hydrogen-bond acceptors (Lipinski definition) is 12. The van der Waals surface area contributed by atoms with Gasteiger partial charge in [-0.1, -0.05) is 111 Å². The number of likely N-dealkylation sites (N-methyl/N-ethyl adjacent to an activating group) is 7. The lowest BCUT2D eigenvalue weighted by Crippen LogP contribution is -2.61. The van der Waals surface area contributed by atoms with Gasteiger partial charge in [0.1, 0.15) is 54.5 Å². The SMILES string of the molecule is CC[C@H](C)[C@@H]1NC(=O)[C@H](C)N(C)C(=O)C[C@@H](C(=O)N2CCCC2)NC(=O)[C@H](C(C)C)N(C)C(=O)[C@H](CC2CCCCC2)N(C)C(=O)[C@H](CC2CCCCC2)NC(=O)[C@H](CC2CCCC(F)C2)NC(=O)CN(C)C(=O)[C@H](CC2CCC(Cl)CC2)N(C)C(=O)CN(C)C(=O)CN(C)C1=O. The summed E-state index contributed by atoms with van der Waals surface area (Å²) in [5.74, 6) is -8.89. The summed E-state index contributed by atoms with van der Waals surface area (Å²) in [6.07, 6.45) is 14.2. The number of carbonyl (C=O) groups is 12. The summed E-state index contributed by atoms with van der Waals surface area (Å²) in [4.78, 5) is 187. The van der Waals surface area contributed by atoms with Gasteiger partial charge in [-0.15, -0.1) is 11.6 Å². The van der Waals surface area contributed by atoms with E-state index in [2.05, 4.69) is 21.3 Å². The molecular weight excluding hydrogens is 1270 g/mol. The number of carbonyl (C=O) groups excluding carboxylic acids is 12. The molecule has 4 saturated carbocycles. The second-order valence-electron chi connectivity index (χ2n) is 30.0. The number of amides is 12. The molecule has 0 spiro atoms. The third-order valence-electron chi connectivity index (χ3n) is 22.2. The average molecular weight is 1390 g/mol. The predicted octanol–water partition coefficient (Wildman–Crippen LogP) is 5.40. The van der Waals surface area contributed by atoms with E-state index in [1.807, 2.05) is 6.92 Å². The molecule has 548 valence electrons. The van der Waals surface area contributed by atoms with E-state index in [0.717, 1.165) is 78.9 Å². The van der Waals surface area contributed by atoms with Gasteiger partial charge in [-0.3, -0.25) is 57.5 Å². The summed E-state index contributed by atoms with van der Waals surface area (Å²) < 4.78 is 15.2. The fourth-order valence-corrected chi connectivity index (χ4v) is 15.8. The molecule has 24 nitrogen and oxygen atoms in total. The normalized spacial score (nSPS) is 30.9. The van der Waals surface area contributed by atoms with Crippen LogP contribution in [0.1, 0.15) is 202 Å². The number of nitrogens with one attached hydrogen (secondary N) is 4. The van der Waals surface area contributed by atoms with E-state index in [1.165, 1.54) is 68.8 Å². The molecule has 0 aromatic carbocycles. The van der Waals surface area contributed by atoms with Crippen molar-refractivity contribution in [2.24, 2.45) is 35.5 Å². The molecule has 4 N–H and O–H groups in total. The van der Waals surface area contributed by atoms with Gasteiger partial charge in [0.05, 0.1) is 26.1 Å². The van der Waals surface area contributed by atoms with Crippen LogP contribution in [-0.2, 0) is 57.5 Å². The number of nitrogens with zero attached hydrogens (tertiary/aromatic N) is 8. The summed E-state index contributed by atoms with van der Waals surface area (Å²) in [7, 11) is 10.1.